The molecule has 88 valence electrons. The zero-order chi connectivity index (χ0) is 12.5. The first-order chi connectivity index (χ1) is 8.24. The molecule has 0 atom stereocenters. The van der Waals surface area contributed by atoms with Gasteiger partial charge in [0, 0.05) is 18.9 Å². The largest absolute Gasteiger partial charge is 0.344 e. The third-order valence-electron chi connectivity index (χ3n) is 1.70. The third-order valence-corrected chi connectivity index (χ3v) is 1.70. The van der Waals surface area contributed by atoms with Crippen LogP contribution in [0.4, 0.5) is 0 Å². The fraction of sp³-hybridized carbons (Fsp3) is 0.0909. The van der Waals surface area contributed by atoms with Gasteiger partial charge >= 0.3 is 11.8 Å². The topological polar surface area (TPSA) is 83.5 Å². The first-order valence-corrected chi connectivity index (χ1v) is 4.86. The van der Waals surface area contributed by atoms with Crippen molar-refractivity contribution in [1.29, 1.82) is 0 Å². The fourth-order valence-corrected chi connectivity index (χ4v) is 0.911. The second-order valence-corrected chi connectivity index (χ2v) is 2.98. The Labute approximate surface area is 98.4 Å². The van der Waals surface area contributed by atoms with E-state index in [0.29, 0.717) is 0 Å². The van der Waals surface area contributed by atoms with Gasteiger partial charge in [-0.2, -0.15) is 5.10 Å². The second kappa shape index (κ2) is 6.89. The number of nitrogens with zero attached hydrogens (tertiary/aromatic N) is 2. The summed E-state index contributed by atoms with van der Waals surface area (Å²) in [6, 6.07) is 3.43. The molecule has 0 aliphatic rings. The Balaban J connectivity index is 2.40. The molecule has 0 bridgehead atoms. The highest BCUT2D eigenvalue weighted by atomic mass is 16.2. The molecular weight excluding hydrogens is 220 g/mol. The summed E-state index contributed by atoms with van der Waals surface area (Å²) < 4.78 is 0. The number of carbonyl (C=O) groups excluding carboxylic acids is 2. The van der Waals surface area contributed by atoms with Crippen LogP contribution in [0.5, 0.6) is 0 Å². The van der Waals surface area contributed by atoms with E-state index in [1.807, 2.05) is 0 Å². The molecule has 0 saturated carbocycles. The van der Waals surface area contributed by atoms with Gasteiger partial charge in [0.2, 0.25) is 0 Å². The van der Waals surface area contributed by atoms with E-state index >= 15 is 0 Å². The third kappa shape index (κ3) is 4.70. The number of hydrogen-bond donors (Lipinski definition) is 2. The van der Waals surface area contributed by atoms with Crippen LogP contribution in [0, 0.1) is 0 Å². The number of aromatic nitrogens is 1. The van der Waals surface area contributed by atoms with Crippen molar-refractivity contribution in [2.24, 2.45) is 5.10 Å². The molecule has 2 N–H and O–H groups in total. The van der Waals surface area contributed by atoms with Crippen molar-refractivity contribution in [3.05, 3.63) is 42.7 Å². The number of pyridine rings is 1. The van der Waals surface area contributed by atoms with E-state index in [9.17, 15) is 9.59 Å². The molecular formula is C11H12N4O2. The summed E-state index contributed by atoms with van der Waals surface area (Å²) in [4.78, 5) is 26.1. The van der Waals surface area contributed by atoms with Crippen molar-refractivity contribution < 1.29 is 9.59 Å². The molecule has 0 aromatic carbocycles. The lowest BCUT2D eigenvalue weighted by atomic mass is 10.3. The second-order valence-electron chi connectivity index (χ2n) is 2.98. The van der Waals surface area contributed by atoms with Crippen molar-refractivity contribution in [3.8, 4) is 0 Å². The Morgan fingerprint density at radius 1 is 1.35 bits per heavy atom. The van der Waals surface area contributed by atoms with Gasteiger partial charge in [-0.25, -0.2) is 5.43 Å². The van der Waals surface area contributed by atoms with Crippen LogP contribution in [0.15, 0.2) is 42.3 Å². The smallest absolute Gasteiger partial charge is 0.329 e. The number of hydrogen-bond acceptors (Lipinski definition) is 4. The Morgan fingerprint density at radius 2 is 2.06 bits per heavy atom. The molecule has 0 saturated heterocycles. The SMILES string of the molecule is C=CCNC(=O)C(=O)N/N=C\c1ccncc1. The zero-order valence-electron chi connectivity index (χ0n) is 9.09. The lowest BCUT2D eigenvalue weighted by Gasteiger charge is -1.99. The number of carbonyl (C=O) groups is 2. The maximum atomic E-state index is 11.2. The number of nitrogens with one attached hydrogen (secondary N) is 2. The number of hydrazone groups is 1. The van der Waals surface area contributed by atoms with Crippen LogP contribution in [0.2, 0.25) is 0 Å². The van der Waals surface area contributed by atoms with E-state index in [1.54, 1.807) is 24.5 Å². The normalized spacial score (nSPS) is 9.88. The summed E-state index contributed by atoms with van der Waals surface area (Å²) >= 11 is 0. The lowest BCUT2D eigenvalue weighted by Crippen LogP contribution is -2.37. The van der Waals surface area contributed by atoms with Crippen molar-refractivity contribution in [2.45, 2.75) is 0 Å². The minimum absolute atomic E-state index is 0.236. The van der Waals surface area contributed by atoms with Crippen molar-refractivity contribution in [1.82, 2.24) is 15.7 Å². The molecule has 0 aliphatic carbocycles. The highest BCUT2D eigenvalue weighted by molar-refractivity contribution is 6.35. The Kier molecular flexibility index (Phi) is 5.09. The van der Waals surface area contributed by atoms with Gasteiger partial charge in [0.25, 0.3) is 0 Å². The van der Waals surface area contributed by atoms with E-state index in [1.165, 1.54) is 12.3 Å². The summed E-state index contributed by atoms with van der Waals surface area (Å²) in [5.74, 6) is -1.58. The molecule has 17 heavy (non-hydrogen) atoms. The van der Waals surface area contributed by atoms with Gasteiger partial charge in [-0.1, -0.05) is 6.08 Å². The fourth-order valence-electron chi connectivity index (χ4n) is 0.911. The Hall–Kier alpha value is -2.50. The molecule has 1 heterocycles. The molecule has 2 amide bonds. The molecule has 1 rings (SSSR count). The summed E-state index contributed by atoms with van der Waals surface area (Å²) in [5, 5.41) is 5.96. The quantitative estimate of drug-likeness (QED) is 0.327. The van der Waals surface area contributed by atoms with Crippen LogP contribution in [0.3, 0.4) is 0 Å². The molecule has 6 heteroatoms. The number of amides is 2. The van der Waals surface area contributed by atoms with Crippen LogP contribution >= 0.6 is 0 Å². The highest BCUT2D eigenvalue weighted by Crippen LogP contribution is 1.89. The predicted octanol–water partition coefficient (Wildman–Crippen LogP) is -0.166. The van der Waals surface area contributed by atoms with Crippen LogP contribution in [-0.2, 0) is 9.59 Å². The highest BCUT2D eigenvalue weighted by Gasteiger charge is 2.10. The molecule has 0 radical (unpaired) electrons. The minimum atomic E-state index is -0.822. The average Bonchev–Trinajstić information content (AvgIpc) is 2.37. The predicted molar refractivity (Wildman–Crippen MR) is 63.2 cm³/mol. The van der Waals surface area contributed by atoms with Gasteiger partial charge < -0.3 is 5.32 Å². The van der Waals surface area contributed by atoms with Gasteiger partial charge in [0.05, 0.1) is 6.21 Å². The van der Waals surface area contributed by atoms with Gasteiger partial charge in [0.15, 0.2) is 0 Å². The average molecular weight is 232 g/mol. The molecule has 1 aromatic heterocycles. The van der Waals surface area contributed by atoms with Gasteiger partial charge in [-0.3, -0.25) is 14.6 Å². The molecule has 6 nitrogen and oxygen atoms in total. The van der Waals surface area contributed by atoms with Crippen molar-refractivity contribution >= 4 is 18.0 Å². The van der Waals surface area contributed by atoms with Gasteiger partial charge in [-0.05, 0) is 17.7 Å². The van der Waals surface area contributed by atoms with Crippen LogP contribution in [0.1, 0.15) is 5.56 Å². The van der Waals surface area contributed by atoms with Gasteiger partial charge in [0.1, 0.15) is 0 Å². The van der Waals surface area contributed by atoms with Crippen LogP contribution in [-0.4, -0.2) is 29.6 Å². The van der Waals surface area contributed by atoms with Crippen molar-refractivity contribution in [2.75, 3.05) is 6.54 Å². The van der Waals surface area contributed by atoms with Crippen LogP contribution in [0.25, 0.3) is 0 Å². The first kappa shape index (κ1) is 12.6. The molecule has 0 aliphatic heterocycles. The van der Waals surface area contributed by atoms with E-state index in [4.69, 9.17) is 0 Å². The maximum absolute atomic E-state index is 11.2. The van der Waals surface area contributed by atoms with E-state index in [2.05, 4.69) is 27.4 Å². The van der Waals surface area contributed by atoms with Crippen LogP contribution < -0.4 is 10.7 Å². The molecule has 0 unspecified atom stereocenters. The summed E-state index contributed by atoms with van der Waals surface area (Å²) in [6.07, 6.45) is 6.09. The van der Waals surface area contributed by atoms with Crippen molar-refractivity contribution in [3.63, 3.8) is 0 Å². The van der Waals surface area contributed by atoms with E-state index in [-0.39, 0.29) is 6.54 Å². The Bertz CT molecular complexity index is 428. The molecule has 1 aromatic rings. The Morgan fingerprint density at radius 3 is 2.71 bits per heavy atom. The minimum Gasteiger partial charge on any atom is -0.344 e. The van der Waals surface area contributed by atoms with Gasteiger partial charge in [-0.15, -0.1) is 6.58 Å². The van der Waals surface area contributed by atoms with E-state index < -0.39 is 11.8 Å². The number of rotatable bonds is 4. The molecule has 0 spiro atoms. The summed E-state index contributed by atoms with van der Waals surface area (Å²) in [6.45, 7) is 3.65. The first-order valence-electron chi connectivity index (χ1n) is 4.86. The monoisotopic (exact) mass is 232 g/mol. The molecule has 0 fully saturated rings. The maximum Gasteiger partial charge on any atom is 0.329 e. The standard InChI is InChI=1S/C11H12N4O2/c1-2-5-13-10(16)11(17)15-14-8-9-3-6-12-7-4-9/h2-4,6-8H,1,5H2,(H,13,16)(H,15,17)/b14-8-. The zero-order valence-corrected chi connectivity index (χ0v) is 9.09. The summed E-state index contributed by atoms with van der Waals surface area (Å²) in [7, 11) is 0. The van der Waals surface area contributed by atoms with E-state index in [0.717, 1.165) is 5.56 Å². The summed E-state index contributed by atoms with van der Waals surface area (Å²) in [5.41, 5.74) is 2.87. The lowest BCUT2D eigenvalue weighted by molar-refractivity contribution is -0.139.